The molecule has 1 saturated heterocycles. The van der Waals surface area contributed by atoms with E-state index in [0.717, 1.165) is 18.6 Å². The first-order valence-corrected chi connectivity index (χ1v) is 6.35. The molecular weight excluding hydrogens is 214 g/mol. The van der Waals surface area contributed by atoms with Gasteiger partial charge in [0.1, 0.15) is 0 Å². The first-order valence-electron chi connectivity index (χ1n) is 5.30. The van der Waals surface area contributed by atoms with E-state index in [1.54, 1.807) is 11.8 Å². The zero-order valence-electron chi connectivity index (χ0n) is 9.07. The second-order valence-corrected chi connectivity index (χ2v) is 5.02. The molecule has 0 aromatic rings. The number of thioether (sulfide) groups is 1. The molecule has 5 heteroatoms. The lowest BCUT2D eigenvalue weighted by Gasteiger charge is -2.21. The number of aliphatic hydroxyl groups is 1. The molecule has 0 spiro atoms. The molecule has 0 bridgehead atoms. The lowest BCUT2D eigenvalue weighted by molar-refractivity contribution is -0.121. The van der Waals surface area contributed by atoms with Crippen molar-refractivity contribution in [1.82, 2.24) is 5.32 Å². The number of carbonyl (C=O) groups excluding carboxylic acids is 1. The van der Waals surface area contributed by atoms with E-state index in [1.165, 1.54) is 13.5 Å². The van der Waals surface area contributed by atoms with Gasteiger partial charge in [-0.15, -0.1) is 11.8 Å². The van der Waals surface area contributed by atoms with Gasteiger partial charge >= 0.3 is 0 Å². The van der Waals surface area contributed by atoms with Crippen LogP contribution in [0.1, 0.15) is 19.3 Å². The highest BCUT2D eigenvalue weighted by molar-refractivity contribution is 8.00. The topological polar surface area (TPSA) is 58.6 Å². The summed E-state index contributed by atoms with van der Waals surface area (Å²) in [5.74, 6) is 1.12. The summed E-state index contributed by atoms with van der Waals surface area (Å²) >= 11 is 1.71. The van der Waals surface area contributed by atoms with Crippen molar-refractivity contribution in [2.24, 2.45) is 0 Å². The quantitative estimate of drug-likeness (QED) is 0.721. The standard InChI is InChI=1S/C10H19NO3S/c1-14-7-8(12)6-11-10(13)9-4-2-3-5-15-9/h8-9,12H,2-7H2,1H3,(H,11,13). The van der Waals surface area contributed by atoms with Crippen LogP contribution in [0, 0.1) is 0 Å². The molecule has 1 aliphatic rings. The number of methoxy groups -OCH3 is 1. The van der Waals surface area contributed by atoms with Gasteiger partial charge < -0.3 is 15.2 Å². The summed E-state index contributed by atoms with van der Waals surface area (Å²) in [6.07, 6.45) is 2.69. The third kappa shape index (κ3) is 4.86. The van der Waals surface area contributed by atoms with Gasteiger partial charge in [-0.2, -0.15) is 0 Å². The van der Waals surface area contributed by atoms with Gasteiger partial charge in [0.25, 0.3) is 0 Å². The summed E-state index contributed by atoms with van der Waals surface area (Å²) in [7, 11) is 1.53. The molecule has 4 nitrogen and oxygen atoms in total. The highest BCUT2D eigenvalue weighted by atomic mass is 32.2. The minimum atomic E-state index is -0.604. The molecule has 1 fully saturated rings. The van der Waals surface area contributed by atoms with E-state index in [4.69, 9.17) is 4.74 Å². The van der Waals surface area contributed by atoms with Gasteiger partial charge in [-0.3, -0.25) is 4.79 Å². The molecule has 88 valence electrons. The Hall–Kier alpha value is -0.260. The molecule has 2 atom stereocenters. The van der Waals surface area contributed by atoms with Gasteiger partial charge in [-0.05, 0) is 18.6 Å². The number of hydrogen-bond donors (Lipinski definition) is 2. The van der Waals surface area contributed by atoms with E-state index in [1.807, 2.05) is 0 Å². The summed E-state index contributed by atoms with van der Waals surface area (Å²) in [6, 6.07) is 0. The van der Waals surface area contributed by atoms with Crippen LogP contribution in [0.3, 0.4) is 0 Å². The number of ether oxygens (including phenoxy) is 1. The van der Waals surface area contributed by atoms with E-state index in [2.05, 4.69) is 5.32 Å². The largest absolute Gasteiger partial charge is 0.389 e. The summed E-state index contributed by atoms with van der Waals surface area (Å²) in [5, 5.41) is 12.2. The second-order valence-electron chi connectivity index (χ2n) is 3.71. The predicted molar refractivity (Wildman–Crippen MR) is 61.0 cm³/mol. The molecule has 0 aliphatic carbocycles. The van der Waals surface area contributed by atoms with E-state index in [-0.39, 0.29) is 24.3 Å². The maximum Gasteiger partial charge on any atom is 0.233 e. The molecule has 0 radical (unpaired) electrons. The van der Waals surface area contributed by atoms with Crippen molar-refractivity contribution in [3.8, 4) is 0 Å². The SMILES string of the molecule is COCC(O)CNC(=O)C1CCCCS1. The Kier molecular flexibility index (Phi) is 6.05. The number of nitrogens with one attached hydrogen (secondary N) is 1. The molecule has 0 aromatic carbocycles. The van der Waals surface area contributed by atoms with Crippen LogP contribution in [0.15, 0.2) is 0 Å². The van der Waals surface area contributed by atoms with Crippen molar-refractivity contribution >= 4 is 17.7 Å². The molecule has 0 aromatic heterocycles. The number of amides is 1. The molecule has 1 rings (SSSR count). The Morgan fingerprint density at radius 2 is 2.47 bits per heavy atom. The monoisotopic (exact) mass is 233 g/mol. The summed E-state index contributed by atoms with van der Waals surface area (Å²) in [4.78, 5) is 11.6. The summed E-state index contributed by atoms with van der Waals surface area (Å²) in [6.45, 7) is 0.543. The van der Waals surface area contributed by atoms with Crippen LogP contribution in [0.25, 0.3) is 0 Å². The van der Waals surface area contributed by atoms with E-state index < -0.39 is 6.10 Å². The van der Waals surface area contributed by atoms with Crippen LogP contribution >= 0.6 is 11.8 Å². The normalized spacial score (nSPS) is 23.5. The lowest BCUT2D eigenvalue weighted by atomic mass is 10.2. The predicted octanol–water partition coefficient (Wildman–Crippen LogP) is 0.396. The lowest BCUT2D eigenvalue weighted by Crippen LogP contribution is -2.39. The van der Waals surface area contributed by atoms with Gasteiger partial charge in [-0.25, -0.2) is 0 Å². The number of carbonyl (C=O) groups is 1. The van der Waals surface area contributed by atoms with Gasteiger partial charge in [0.2, 0.25) is 5.91 Å². The first-order chi connectivity index (χ1) is 7.24. The minimum absolute atomic E-state index is 0.0508. The van der Waals surface area contributed by atoms with Gasteiger partial charge in [0.15, 0.2) is 0 Å². The van der Waals surface area contributed by atoms with E-state index in [9.17, 15) is 9.90 Å². The molecule has 15 heavy (non-hydrogen) atoms. The maximum atomic E-state index is 11.6. The van der Waals surface area contributed by atoms with Crippen LogP contribution in [0.2, 0.25) is 0 Å². The van der Waals surface area contributed by atoms with Crippen molar-refractivity contribution in [1.29, 1.82) is 0 Å². The molecule has 0 saturated carbocycles. The molecule has 1 aliphatic heterocycles. The van der Waals surface area contributed by atoms with Crippen LogP contribution < -0.4 is 5.32 Å². The molecular formula is C10H19NO3S. The highest BCUT2D eigenvalue weighted by Crippen LogP contribution is 2.24. The average Bonchev–Trinajstić information content (AvgIpc) is 2.27. The van der Waals surface area contributed by atoms with Crippen LogP contribution in [-0.4, -0.2) is 48.4 Å². The van der Waals surface area contributed by atoms with Crippen molar-refractivity contribution in [2.75, 3.05) is 26.0 Å². The molecule has 2 N–H and O–H groups in total. The fraction of sp³-hybridized carbons (Fsp3) is 0.900. The highest BCUT2D eigenvalue weighted by Gasteiger charge is 2.21. The molecule has 1 heterocycles. The third-order valence-electron chi connectivity index (χ3n) is 2.34. The van der Waals surface area contributed by atoms with E-state index in [0.29, 0.717) is 0 Å². The van der Waals surface area contributed by atoms with Gasteiger partial charge in [0, 0.05) is 13.7 Å². The Morgan fingerprint density at radius 1 is 1.67 bits per heavy atom. The molecule has 1 amide bonds. The maximum absolute atomic E-state index is 11.6. The third-order valence-corrected chi connectivity index (χ3v) is 3.72. The fourth-order valence-corrected chi connectivity index (χ4v) is 2.75. The van der Waals surface area contributed by atoms with Crippen LogP contribution in [0.5, 0.6) is 0 Å². The Morgan fingerprint density at radius 3 is 3.07 bits per heavy atom. The molecule has 2 unspecified atom stereocenters. The fourth-order valence-electron chi connectivity index (χ4n) is 1.53. The van der Waals surface area contributed by atoms with Crippen molar-refractivity contribution in [2.45, 2.75) is 30.6 Å². The zero-order valence-corrected chi connectivity index (χ0v) is 9.89. The van der Waals surface area contributed by atoms with Crippen molar-refractivity contribution in [3.05, 3.63) is 0 Å². The first kappa shape index (κ1) is 12.8. The second kappa shape index (κ2) is 7.09. The number of hydrogen-bond acceptors (Lipinski definition) is 4. The Labute approximate surface area is 94.8 Å². The van der Waals surface area contributed by atoms with Gasteiger partial charge in [-0.1, -0.05) is 6.42 Å². The van der Waals surface area contributed by atoms with E-state index >= 15 is 0 Å². The number of rotatable bonds is 5. The van der Waals surface area contributed by atoms with Crippen LogP contribution in [0.4, 0.5) is 0 Å². The Balaban J connectivity index is 2.16. The van der Waals surface area contributed by atoms with Gasteiger partial charge in [0.05, 0.1) is 18.0 Å². The Bertz CT molecular complexity index is 195. The van der Waals surface area contributed by atoms with Crippen molar-refractivity contribution < 1.29 is 14.6 Å². The average molecular weight is 233 g/mol. The smallest absolute Gasteiger partial charge is 0.233 e. The zero-order chi connectivity index (χ0) is 11.1. The summed E-state index contributed by atoms with van der Waals surface area (Å²) in [5.41, 5.74) is 0. The minimum Gasteiger partial charge on any atom is -0.389 e. The van der Waals surface area contributed by atoms with Crippen molar-refractivity contribution in [3.63, 3.8) is 0 Å². The summed E-state index contributed by atoms with van der Waals surface area (Å²) < 4.78 is 4.77. The van der Waals surface area contributed by atoms with Crippen LogP contribution in [-0.2, 0) is 9.53 Å². The number of aliphatic hydroxyl groups excluding tert-OH is 1.